The molecule has 1 N–H and O–H groups in total. The van der Waals surface area contributed by atoms with E-state index in [1.807, 2.05) is 30.0 Å². The summed E-state index contributed by atoms with van der Waals surface area (Å²) < 4.78 is 5.56. The first-order valence-corrected chi connectivity index (χ1v) is 10.2. The molecule has 0 spiro atoms. The second kappa shape index (κ2) is 9.65. The lowest BCUT2D eigenvalue weighted by molar-refractivity contribution is -0.129. The second-order valence-corrected chi connectivity index (χ2v) is 7.36. The zero-order valence-corrected chi connectivity index (χ0v) is 17.5. The first kappa shape index (κ1) is 21.0. The number of carbonyl (C=O) groups excluding carboxylic acids is 2. The fourth-order valence-electron chi connectivity index (χ4n) is 3.30. The van der Waals surface area contributed by atoms with Gasteiger partial charge in [-0.15, -0.1) is 0 Å². The van der Waals surface area contributed by atoms with Crippen LogP contribution in [-0.4, -0.2) is 49.5 Å². The van der Waals surface area contributed by atoms with Crippen molar-refractivity contribution in [1.29, 1.82) is 0 Å². The Bertz CT molecular complexity index is 862. The average Bonchev–Trinajstić information content (AvgIpc) is 2.73. The standard InChI is InChI=1S/C22H26ClN3O3/c1-3-15-29-18-9-7-17(8-10-18)22(28)24-20-6-4-5-19(23)21(20)26-13-11-25(12-14-26)16(2)27/h4-10H,3,11-15H2,1-2H3,(H,24,28). The van der Waals surface area contributed by atoms with Gasteiger partial charge in [0.1, 0.15) is 5.75 Å². The van der Waals surface area contributed by atoms with Crippen molar-refractivity contribution in [1.82, 2.24) is 4.90 Å². The van der Waals surface area contributed by atoms with E-state index in [1.54, 1.807) is 31.2 Å². The van der Waals surface area contributed by atoms with Crippen LogP contribution in [0, 0.1) is 0 Å². The molecule has 2 aromatic rings. The molecule has 2 amide bonds. The van der Waals surface area contributed by atoms with Gasteiger partial charge in [0, 0.05) is 38.7 Å². The number of hydrogen-bond donors (Lipinski definition) is 1. The van der Waals surface area contributed by atoms with E-state index in [-0.39, 0.29) is 11.8 Å². The van der Waals surface area contributed by atoms with Gasteiger partial charge in [-0.05, 0) is 42.8 Å². The van der Waals surface area contributed by atoms with E-state index in [0.717, 1.165) is 17.9 Å². The number of carbonyl (C=O) groups is 2. The lowest BCUT2D eigenvalue weighted by Gasteiger charge is -2.37. The summed E-state index contributed by atoms with van der Waals surface area (Å²) >= 11 is 6.47. The van der Waals surface area contributed by atoms with E-state index < -0.39 is 0 Å². The lowest BCUT2D eigenvalue weighted by atomic mass is 10.1. The fraction of sp³-hybridized carbons (Fsp3) is 0.364. The maximum Gasteiger partial charge on any atom is 0.255 e. The number of piperazine rings is 1. The second-order valence-electron chi connectivity index (χ2n) is 6.96. The number of nitrogens with zero attached hydrogens (tertiary/aromatic N) is 2. The van der Waals surface area contributed by atoms with Crippen molar-refractivity contribution in [3.63, 3.8) is 0 Å². The predicted molar refractivity (Wildman–Crippen MR) is 116 cm³/mol. The van der Waals surface area contributed by atoms with E-state index in [4.69, 9.17) is 16.3 Å². The van der Waals surface area contributed by atoms with Gasteiger partial charge in [-0.2, -0.15) is 0 Å². The van der Waals surface area contributed by atoms with Gasteiger partial charge >= 0.3 is 0 Å². The van der Waals surface area contributed by atoms with Gasteiger partial charge in [0.25, 0.3) is 5.91 Å². The van der Waals surface area contributed by atoms with Crippen LogP contribution in [0.2, 0.25) is 5.02 Å². The Morgan fingerprint density at radius 3 is 2.38 bits per heavy atom. The molecule has 0 unspecified atom stereocenters. The molecule has 7 heteroatoms. The van der Waals surface area contributed by atoms with Gasteiger partial charge in [-0.3, -0.25) is 9.59 Å². The molecule has 0 bridgehead atoms. The summed E-state index contributed by atoms with van der Waals surface area (Å²) in [6, 6.07) is 12.6. The monoisotopic (exact) mass is 415 g/mol. The number of ether oxygens (including phenoxy) is 1. The van der Waals surface area contributed by atoms with E-state index in [2.05, 4.69) is 10.2 Å². The van der Waals surface area contributed by atoms with Crippen LogP contribution in [0.25, 0.3) is 0 Å². The van der Waals surface area contributed by atoms with Gasteiger partial charge in [-0.1, -0.05) is 24.6 Å². The summed E-state index contributed by atoms with van der Waals surface area (Å²) in [6.45, 7) is 6.86. The number of anilines is 2. The third-order valence-electron chi connectivity index (χ3n) is 4.87. The number of benzene rings is 2. The van der Waals surface area contributed by atoms with E-state index in [0.29, 0.717) is 49.1 Å². The van der Waals surface area contributed by atoms with Gasteiger partial charge in [0.15, 0.2) is 0 Å². The molecule has 2 aromatic carbocycles. The Hall–Kier alpha value is -2.73. The molecule has 29 heavy (non-hydrogen) atoms. The maximum absolute atomic E-state index is 12.8. The summed E-state index contributed by atoms with van der Waals surface area (Å²) in [5, 5.41) is 3.55. The van der Waals surface area contributed by atoms with Crippen molar-refractivity contribution in [3.8, 4) is 5.75 Å². The van der Waals surface area contributed by atoms with E-state index in [1.165, 1.54) is 0 Å². The summed E-state index contributed by atoms with van der Waals surface area (Å²) in [6.07, 6.45) is 0.931. The molecule has 1 heterocycles. The molecule has 1 saturated heterocycles. The number of nitrogens with one attached hydrogen (secondary N) is 1. The first-order valence-electron chi connectivity index (χ1n) is 9.82. The van der Waals surface area contributed by atoms with Crippen LogP contribution in [0.3, 0.4) is 0 Å². The molecule has 1 aliphatic heterocycles. The highest BCUT2D eigenvalue weighted by Gasteiger charge is 2.23. The number of hydrogen-bond acceptors (Lipinski definition) is 4. The minimum Gasteiger partial charge on any atom is -0.494 e. The third-order valence-corrected chi connectivity index (χ3v) is 5.17. The number of halogens is 1. The highest BCUT2D eigenvalue weighted by atomic mass is 35.5. The summed E-state index contributed by atoms with van der Waals surface area (Å²) in [4.78, 5) is 28.3. The van der Waals surface area contributed by atoms with Gasteiger partial charge < -0.3 is 19.9 Å². The topological polar surface area (TPSA) is 61.9 Å². The fourth-order valence-corrected chi connectivity index (χ4v) is 3.59. The SMILES string of the molecule is CCCOc1ccc(C(=O)Nc2cccc(Cl)c2N2CCN(C(C)=O)CC2)cc1. The molecule has 0 aliphatic carbocycles. The first-order chi connectivity index (χ1) is 14.0. The predicted octanol–water partition coefficient (Wildman–Crippen LogP) is 4.05. The summed E-state index contributed by atoms with van der Waals surface area (Å²) in [5.74, 6) is 0.608. The van der Waals surface area contributed by atoms with Crippen molar-refractivity contribution in [2.75, 3.05) is 43.0 Å². The van der Waals surface area contributed by atoms with Crippen LogP contribution in [0.15, 0.2) is 42.5 Å². The average molecular weight is 416 g/mol. The quantitative estimate of drug-likeness (QED) is 0.773. The molecule has 0 aromatic heterocycles. The van der Waals surface area contributed by atoms with Gasteiger partial charge in [-0.25, -0.2) is 0 Å². The van der Waals surface area contributed by atoms with Gasteiger partial charge in [0.2, 0.25) is 5.91 Å². The lowest BCUT2D eigenvalue weighted by Crippen LogP contribution is -2.48. The van der Waals surface area contributed by atoms with E-state index >= 15 is 0 Å². The summed E-state index contributed by atoms with van der Waals surface area (Å²) in [5.41, 5.74) is 1.99. The van der Waals surface area contributed by atoms with Crippen molar-refractivity contribution in [2.24, 2.45) is 0 Å². The van der Waals surface area contributed by atoms with Crippen LogP contribution in [0.1, 0.15) is 30.6 Å². The van der Waals surface area contributed by atoms with Crippen molar-refractivity contribution >= 4 is 34.8 Å². The molecule has 3 rings (SSSR count). The molecule has 1 aliphatic rings. The minimum atomic E-state index is -0.210. The van der Waals surface area contributed by atoms with Crippen LogP contribution >= 0.6 is 11.6 Å². The number of amides is 2. The molecular weight excluding hydrogens is 390 g/mol. The zero-order valence-electron chi connectivity index (χ0n) is 16.8. The van der Waals surface area contributed by atoms with Crippen LogP contribution < -0.4 is 15.0 Å². The zero-order chi connectivity index (χ0) is 20.8. The minimum absolute atomic E-state index is 0.0729. The van der Waals surface area contributed by atoms with Crippen LogP contribution in [-0.2, 0) is 4.79 Å². The third kappa shape index (κ3) is 5.21. The van der Waals surface area contributed by atoms with Crippen LogP contribution in [0.5, 0.6) is 5.75 Å². The highest BCUT2D eigenvalue weighted by Crippen LogP contribution is 2.35. The number of rotatable bonds is 6. The highest BCUT2D eigenvalue weighted by molar-refractivity contribution is 6.34. The number of para-hydroxylation sites is 1. The Kier molecular flexibility index (Phi) is 6.99. The van der Waals surface area contributed by atoms with Crippen LogP contribution in [0.4, 0.5) is 11.4 Å². The Morgan fingerprint density at radius 2 is 1.76 bits per heavy atom. The Morgan fingerprint density at radius 1 is 1.07 bits per heavy atom. The van der Waals surface area contributed by atoms with Crippen molar-refractivity contribution in [3.05, 3.63) is 53.1 Å². The Labute approximate surface area is 176 Å². The Balaban J connectivity index is 1.73. The smallest absolute Gasteiger partial charge is 0.255 e. The molecule has 0 radical (unpaired) electrons. The molecule has 0 atom stereocenters. The van der Waals surface area contributed by atoms with Gasteiger partial charge in [0.05, 0.1) is 23.0 Å². The molecule has 1 fully saturated rings. The summed E-state index contributed by atoms with van der Waals surface area (Å²) in [7, 11) is 0. The maximum atomic E-state index is 12.8. The van der Waals surface area contributed by atoms with Crippen molar-refractivity contribution in [2.45, 2.75) is 20.3 Å². The van der Waals surface area contributed by atoms with Crippen molar-refractivity contribution < 1.29 is 14.3 Å². The normalized spacial score (nSPS) is 13.9. The molecule has 154 valence electrons. The largest absolute Gasteiger partial charge is 0.494 e. The molecular formula is C22H26ClN3O3. The molecule has 6 nitrogen and oxygen atoms in total. The molecule has 0 saturated carbocycles. The van der Waals surface area contributed by atoms with E-state index in [9.17, 15) is 9.59 Å².